The number of rotatable bonds is 2. The summed E-state index contributed by atoms with van der Waals surface area (Å²) >= 11 is 13.4. The Balaban J connectivity index is 1.82. The fraction of sp³-hybridized carbons (Fsp3) is 0.231. The maximum Gasteiger partial charge on any atom is 0.259 e. The lowest BCUT2D eigenvalue weighted by Crippen LogP contribution is -2.12. The third kappa shape index (κ3) is 2.61. The van der Waals surface area contributed by atoms with Gasteiger partial charge in [-0.15, -0.1) is 11.3 Å². The third-order valence-corrected chi connectivity index (χ3v) is 4.63. The van der Waals surface area contributed by atoms with Crippen molar-refractivity contribution in [3.63, 3.8) is 0 Å². The second-order valence-corrected chi connectivity index (χ2v) is 6.25. The van der Waals surface area contributed by atoms with Crippen molar-refractivity contribution in [2.45, 2.75) is 19.3 Å². The normalized spacial score (nSPS) is 13.4. The van der Waals surface area contributed by atoms with Gasteiger partial charge in [0.2, 0.25) is 0 Å². The summed E-state index contributed by atoms with van der Waals surface area (Å²) in [7, 11) is 0. The summed E-state index contributed by atoms with van der Waals surface area (Å²) in [5.41, 5.74) is 1.47. The number of hydrogen-bond acceptors (Lipinski definition) is 3. The van der Waals surface area contributed by atoms with Crippen LogP contribution in [0.15, 0.2) is 18.2 Å². The van der Waals surface area contributed by atoms with Crippen LogP contribution in [0.1, 0.15) is 27.3 Å². The Labute approximate surface area is 124 Å². The van der Waals surface area contributed by atoms with Crippen molar-refractivity contribution in [3.05, 3.63) is 44.4 Å². The zero-order valence-corrected chi connectivity index (χ0v) is 12.2. The van der Waals surface area contributed by atoms with Crippen LogP contribution in [-0.4, -0.2) is 10.9 Å². The number of benzene rings is 1. The molecular weight excluding hydrogens is 303 g/mol. The lowest BCUT2D eigenvalue weighted by Gasteiger charge is -2.04. The molecule has 6 heteroatoms. The Morgan fingerprint density at radius 1 is 1.32 bits per heavy atom. The highest BCUT2D eigenvalue weighted by Crippen LogP contribution is 2.31. The van der Waals surface area contributed by atoms with Gasteiger partial charge in [0.05, 0.1) is 16.3 Å². The van der Waals surface area contributed by atoms with Gasteiger partial charge in [-0.25, -0.2) is 4.98 Å². The van der Waals surface area contributed by atoms with Gasteiger partial charge in [0.15, 0.2) is 5.13 Å². The molecule has 19 heavy (non-hydrogen) atoms. The second-order valence-electron chi connectivity index (χ2n) is 4.32. The molecule has 2 aromatic rings. The fourth-order valence-corrected chi connectivity index (χ4v) is 3.50. The Hall–Kier alpha value is -1.10. The van der Waals surface area contributed by atoms with Crippen molar-refractivity contribution in [2.75, 3.05) is 5.32 Å². The number of nitrogens with one attached hydrogen (secondary N) is 1. The quantitative estimate of drug-likeness (QED) is 0.903. The number of aryl methyl sites for hydroxylation is 2. The van der Waals surface area contributed by atoms with Gasteiger partial charge in [0, 0.05) is 9.90 Å². The summed E-state index contributed by atoms with van der Waals surface area (Å²) in [5.74, 6) is -0.278. The van der Waals surface area contributed by atoms with Crippen molar-refractivity contribution in [2.24, 2.45) is 0 Å². The number of halogens is 2. The van der Waals surface area contributed by atoms with Crippen molar-refractivity contribution in [1.82, 2.24) is 4.98 Å². The first-order chi connectivity index (χ1) is 9.13. The monoisotopic (exact) mass is 312 g/mol. The van der Waals surface area contributed by atoms with Gasteiger partial charge < -0.3 is 0 Å². The van der Waals surface area contributed by atoms with Gasteiger partial charge in [-0.1, -0.05) is 23.2 Å². The van der Waals surface area contributed by atoms with Crippen LogP contribution >= 0.6 is 34.5 Å². The molecule has 0 saturated carbocycles. The van der Waals surface area contributed by atoms with Crippen LogP contribution in [0.5, 0.6) is 0 Å². The molecule has 0 saturated heterocycles. The van der Waals surface area contributed by atoms with Gasteiger partial charge in [0.25, 0.3) is 5.91 Å². The lowest BCUT2D eigenvalue weighted by atomic mass is 10.2. The minimum absolute atomic E-state index is 0.278. The molecule has 0 spiro atoms. The van der Waals surface area contributed by atoms with E-state index in [9.17, 15) is 4.79 Å². The summed E-state index contributed by atoms with van der Waals surface area (Å²) in [6.45, 7) is 0. The molecule has 1 N–H and O–H groups in total. The minimum atomic E-state index is -0.278. The van der Waals surface area contributed by atoms with Crippen LogP contribution in [0.25, 0.3) is 0 Å². The average molecular weight is 313 g/mol. The summed E-state index contributed by atoms with van der Waals surface area (Å²) in [5, 5.41) is 4.27. The van der Waals surface area contributed by atoms with E-state index in [1.54, 1.807) is 18.2 Å². The van der Waals surface area contributed by atoms with Crippen molar-refractivity contribution in [3.8, 4) is 0 Å². The standard InChI is InChI=1S/C13H10Cl2N2OS/c14-7-4-5-9(15)8(6-7)12(18)17-13-16-10-2-1-3-11(10)19-13/h4-6H,1-3H2,(H,16,17,18). The summed E-state index contributed by atoms with van der Waals surface area (Å²) in [4.78, 5) is 17.8. The highest BCUT2D eigenvalue weighted by Gasteiger charge is 2.19. The SMILES string of the molecule is O=C(Nc1nc2c(s1)CCC2)c1cc(Cl)ccc1Cl. The van der Waals surface area contributed by atoms with Gasteiger partial charge in [-0.3, -0.25) is 10.1 Å². The van der Waals surface area contributed by atoms with E-state index in [1.807, 2.05) is 0 Å². The molecule has 0 unspecified atom stereocenters. The van der Waals surface area contributed by atoms with E-state index in [4.69, 9.17) is 23.2 Å². The van der Waals surface area contributed by atoms with Crippen LogP contribution < -0.4 is 5.32 Å². The Morgan fingerprint density at radius 2 is 2.16 bits per heavy atom. The molecule has 1 amide bonds. The highest BCUT2D eigenvalue weighted by atomic mass is 35.5. The van der Waals surface area contributed by atoms with E-state index < -0.39 is 0 Å². The maximum absolute atomic E-state index is 12.1. The summed E-state index contributed by atoms with van der Waals surface area (Å²) < 4.78 is 0. The Kier molecular flexibility index (Phi) is 3.48. The maximum atomic E-state index is 12.1. The average Bonchev–Trinajstić information content (AvgIpc) is 2.92. The molecule has 1 aromatic heterocycles. The molecule has 0 bridgehead atoms. The first kappa shape index (κ1) is 12.9. The molecule has 1 aliphatic carbocycles. The Bertz CT molecular complexity index is 633. The van der Waals surface area contributed by atoms with E-state index in [0.717, 1.165) is 25.0 Å². The van der Waals surface area contributed by atoms with Crippen LogP contribution in [0.2, 0.25) is 10.0 Å². The van der Waals surface area contributed by atoms with Crippen molar-refractivity contribution < 1.29 is 4.79 Å². The molecule has 0 aliphatic heterocycles. The number of aromatic nitrogens is 1. The molecular formula is C13H10Cl2N2OS. The Morgan fingerprint density at radius 3 is 2.95 bits per heavy atom. The van der Waals surface area contributed by atoms with E-state index in [-0.39, 0.29) is 5.91 Å². The zero-order chi connectivity index (χ0) is 13.4. The number of carbonyl (C=O) groups is 1. The first-order valence-electron chi connectivity index (χ1n) is 5.88. The van der Waals surface area contributed by atoms with Crippen LogP contribution in [-0.2, 0) is 12.8 Å². The number of thiazole rings is 1. The number of amides is 1. The van der Waals surface area contributed by atoms with Crippen LogP contribution in [0, 0.1) is 0 Å². The predicted molar refractivity (Wildman–Crippen MR) is 78.6 cm³/mol. The van der Waals surface area contributed by atoms with Gasteiger partial charge >= 0.3 is 0 Å². The van der Waals surface area contributed by atoms with Crippen molar-refractivity contribution in [1.29, 1.82) is 0 Å². The third-order valence-electron chi connectivity index (χ3n) is 2.99. The summed E-state index contributed by atoms with van der Waals surface area (Å²) in [6, 6.07) is 4.82. The van der Waals surface area contributed by atoms with E-state index >= 15 is 0 Å². The molecule has 0 fully saturated rings. The minimum Gasteiger partial charge on any atom is -0.298 e. The number of anilines is 1. The van der Waals surface area contributed by atoms with Crippen molar-refractivity contribution >= 4 is 45.6 Å². The number of fused-ring (bicyclic) bond motifs is 1. The molecule has 0 radical (unpaired) electrons. The molecule has 3 rings (SSSR count). The second kappa shape index (κ2) is 5.12. The van der Waals surface area contributed by atoms with Gasteiger partial charge in [-0.2, -0.15) is 0 Å². The molecule has 98 valence electrons. The summed E-state index contributed by atoms with van der Waals surface area (Å²) in [6.07, 6.45) is 3.21. The van der Waals surface area contributed by atoms with E-state index in [2.05, 4.69) is 10.3 Å². The van der Waals surface area contributed by atoms with Crippen LogP contribution in [0.4, 0.5) is 5.13 Å². The predicted octanol–water partition coefficient (Wildman–Crippen LogP) is 4.19. The fourth-order valence-electron chi connectivity index (χ4n) is 2.08. The van der Waals surface area contributed by atoms with E-state index in [1.165, 1.54) is 16.2 Å². The molecule has 1 aromatic carbocycles. The molecule has 0 atom stereocenters. The molecule has 3 nitrogen and oxygen atoms in total. The van der Waals surface area contributed by atoms with Gasteiger partial charge in [-0.05, 0) is 37.5 Å². The largest absolute Gasteiger partial charge is 0.298 e. The number of nitrogens with zero attached hydrogens (tertiary/aromatic N) is 1. The molecule has 1 aliphatic rings. The molecule has 1 heterocycles. The number of carbonyl (C=O) groups excluding carboxylic acids is 1. The number of hydrogen-bond donors (Lipinski definition) is 1. The van der Waals surface area contributed by atoms with Gasteiger partial charge in [0.1, 0.15) is 0 Å². The first-order valence-corrected chi connectivity index (χ1v) is 7.46. The lowest BCUT2D eigenvalue weighted by molar-refractivity contribution is 0.102. The van der Waals surface area contributed by atoms with Crippen LogP contribution in [0.3, 0.4) is 0 Å². The smallest absolute Gasteiger partial charge is 0.259 e. The topological polar surface area (TPSA) is 42.0 Å². The van der Waals surface area contributed by atoms with E-state index in [0.29, 0.717) is 20.7 Å². The zero-order valence-electron chi connectivity index (χ0n) is 9.87. The highest BCUT2D eigenvalue weighted by molar-refractivity contribution is 7.16.